The maximum Gasteiger partial charge on any atom is 0.203 e. The predicted octanol–water partition coefficient (Wildman–Crippen LogP) is 15.9. The van der Waals surface area contributed by atoms with Crippen molar-refractivity contribution in [3.05, 3.63) is 211 Å². The summed E-state index contributed by atoms with van der Waals surface area (Å²) in [5.41, 5.74) is 3.40. The van der Waals surface area contributed by atoms with E-state index in [1.165, 1.54) is 0 Å². The molecule has 0 amide bonds. The summed E-state index contributed by atoms with van der Waals surface area (Å²) in [4.78, 5) is 49.5. The molecule has 13 rings (SSSR count). The maximum atomic E-state index is 17.0. The first-order chi connectivity index (χ1) is 37.7. The smallest absolute Gasteiger partial charge is 0.203 e. The molecule has 0 aromatic heterocycles. The predicted molar refractivity (Wildman–Crippen MR) is 318 cm³/mol. The summed E-state index contributed by atoms with van der Waals surface area (Å²) >= 11 is 13.4. The van der Waals surface area contributed by atoms with Gasteiger partial charge in [-0.15, -0.1) is 0 Å². The number of benzene rings is 6. The van der Waals surface area contributed by atoms with Crippen LogP contribution in [0.5, 0.6) is 11.5 Å². The van der Waals surface area contributed by atoms with Gasteiger partial charge in [0.2, 0.25) is 11.6 Å². The average molecular weight is 1110 g/mol. The molecule has 2 saturated heterocycles. The maximum absolute atomic E-state index is 17.0. The summed E-state index contributed by atoms with van der Waals surface area (Å²) in [6, 6.07) is 44.2. The number of Topliss-reactive ketones (excluding diaryl/α,β-unsaturated/α-hetero) is 2. The number of ether oxygens (including phenoxy) is 2. The lowest BCUT2D eigenvalue weighted by Crippen LogP contribution is -2.65. The minimum absolute atomic E-state index is 0.0771. The lowest BCUT2D eigenvalue weighted by atomic mass is 9.55. The summed E-state index contributed by atoms with van der Waals surface area (Å²) < 4.78 is 15.9. The van der Waals surface area contributed by atoms with Crippen LogP contribution in [0.1, 0.15) is 140 Å². The Labute approximate surface area is 482 Å². The zero-order valence-corrected chi connectivity index (χ0v) is 49.6. The quantitative estimate of drug-likeness (QED) is 0.173. The number of halogens is 2. The summed E-state index contributed by atoms with van der Waals surface area (Å²) in [6.45, 7) is 26.6. The molecule has 412 valence electrons. The van der Waals surface area contributed by atoms with Gasteiger partial charge in [0.05, 0.1) is 35.3 Å². The van der Waals surface area contributed by atoms with Crippen molar-refractivity contribution >= 4 is 46.1 Å². The third-order valence-electron chi connectivity index (χ3n) is 18.9. The van der Waals surface area contributed by atoms with Crippen LogP contribution in [0, 0.1) is 22.7 Å². The number of carbonyl (C=O) groups is 2. The number of para-hydroxylation sites is 2. The minimum Gasteiger partial charge on any atom is -0.478 e. The van der Waals surface area contributed by atoms with Crippen molar-refractivity contribution in [2.24, 2.45) is 22.7 Å². The van der Waals surface area contributed by atoms with Crippen LogP contribution in [0.2, 0.25) is 10.0 Å². The zero-order valence-electron chi connectivity index (χ0n) is 48.1. The van der Waals surface area contributed by atoms with Gasteiger partial charge in [0.1, 0.15) is 22.7 Å². The molecule has 10 heteroatoms. The second-order valence-corrected chi connectivity index (χ2v) is 28.8. The molecular formula is C70H72Cl2N2O6. The first-order valence-electron chi connectivity index (χ1n) is 28.5. The molecule has 8 atom stereocenters. The number of rotatable bonds is 4. The molecule has 2 spiro atoms. The first kappa shape index (κ1) is 53.2. The number of anilines is 2. The van der Waals surface area contributed by atoms with Crippen molar-refractivity contribution in [2.45, 2.75) is 154 Å². The van der Waals surface area contributed by atoms with Crippen LogP contribution in [-0.2, 0) is 55.8 Å². The normalized spacial score (nSPS) is 28.6. The Morgan fingerprint density at radius 1 is 0.463 bits per heavy atom. The number of hydrogen-bond acceptors (Lipinski definition) is 8. The Kier molecular flexibility index (Phi) is 11.7. The van der Waals surface area contributed by atoms with Gasteiger partial charge in [0, 0.05) is 46.9 Å². The van der Waals surface area contributed by atoms with Crippen LogP contribution in [-0.4, -0.2) is 34.0 Å². The Morgan fingerprint density at radius 2 is 0.800 bits per heavy atom. The van der Waals surface area contributed by atoms with Gasteiger partial charge in [0.15, 0.2) is 11.2 Å². The van der Waals surface area contributed by atoms with E-state index < -0.39 is 57.2 Å². The Hall–Kier alpha value is -6.16. The van der Waals surface area contributed by atoms with E-state index in [1.54, 1.807) is 0 Å². The second-order valence-electron chi connectivity index (χ2n) is 28.0. The fourth-order valence-corrected chi connectivity index (χ4v) is 15.1. The SMILES string of the molecule is CC(C)(C)c1cc2c3c(c1)C[C@]1(O3)C(=O)C(=C[C@]3(C(C)(C)C)ON(c4ccccc4)[C@@H](c4ccc(Cl)cc4)[C@H]13)Cc1cc(C(C)(C)C)cc3c1O[C@]1(C3)C(=O)C(=C[C@@]3(C(C)(C)C)ON(c4ccccc4)[C@H](c4ccc(Cl)cc4)[C@@H]13)C2. The molecule has 6 bridgehead atoms. The molecule has 5 heterocycles. The van der Waals surface area contributed by atoms with Crippen molar-refractivity contribution in [3.8, 4) is 11.5 Å². The van der Waals surface area contributed by atoms with E-state index in [4.69, 9.17) is 42.4 Å². The van der Waals surface area contributed by atoms with E-state index in [0.717, 1.165) is 55.9 Å². The number of ketones is 2. The molecule has 5 aliphatic heterocycles. The molecule has 0 N–H and O–H groups in total. The van der Waals surface area contributed by atoms with Crippen LogP contribution in [0.4, 0.5) is 11.4 Å². The molecular weight excluding hydrogens is 1040 g/mol. The molecule has 6 aromatic carbocycles. The average Bonchev–Trinajstić information content (AvgIpc) is 3.96. The van der Waals surface area contributed by atoms with Gasteiger partial charge >= 0.3 is 0 Å². The molecule has 2 fully saturated rings. The fraction of sp³-hybridized carbons (Fsp3) is 0.400. The Bertz CT molecular complexity index is 3360. The van der Waals surface area contributed by atoms with Crippen LogP contribution >= 0.6 is 23.2 Å². The summed E-state index contributed by atoms with van der Waals surface area (Å²) in [5.74, 6) is -0.0865. The lowest BCUT2D eigenvalue weighted by Gasteiger charge is -2.51. The number of hydrogen-bond donors (Lipinski definition) is 0. The molecule has 8 nitrogen and oxygen atoms in total. The standard InChI is InChI=1S/C70H72Cl2N2O6/c1-63(2,3)49-33-43-31-47-39-69(65(7,8)9)60(56(42-25-29-52(72)30-26-42)74(79-69)54-21-17-14-18-22-54)68(61(47)75)38-46-36-50(64(4,5)6)34-44(58(46)78-68)32-48-40-70(66(10,11)12)59(67(62(48)76)37-45(35-49)57(43)77-67)55(41-23-27-51(71)28-24-41)73(80-70)53-19-15-13-16-20-53/h13-30,33-36,39-40,55-56,59-60H,31-32,37-38H2,1-12H3/t55-,56+,59+,60-,67+,68-,69+,70-. The Morgan fingerprint density at radius 3 is 1.12 bits per heavy atom. The highest BCUT2D eigenvalue weighted by molar-refractivity contribution is 6.30. The second kappa shape index (κ2) is 17.7. The first-order valence-corrected chi connectivity index (χ1v) is 29.3. The third kappa shape index (κ3) is 7.74. The molecule has 7 aliphatic rings. The van der Waals surface area contributed by atoms with Crippen molar-refractivity contribution in [3.63, 3.8) is 0 Å². The van der Waals surface area contributed by atoms with Gasteiger partial charge in [-0.25, -0.2) is 10.1 Å². The number of fused-ring (bicyclic) bond motifs is 4. The highest BCUT2D eigenvalue weighted by atomic mass is 35.5. The highest BCUT2D eigenvalue weighted by Crippen LogP contribution is 2.68. The van der Waals surface area contributed by atoms with Gasteiger partial charge in [-0.1, -0.05) is 191 Å². The minimum atomic E-state index is -1.49. The monoisotopic (exact) mass is 1110 g/mol. The number of nitrogens with zero attached hydrogens (tertiary/aromatic N) is 2. The molecule has 0 unspecified atom stereocenters. The number of hydroxylamine groups is 2. The van der Waals surface area contributed by atoms with E-state index in [9.17, 15) is 0 Å². The molecule has 80 heavy (non-hydrogen) atoms. The van der Waals surface area contributed by atoms with Crippen LogP contribution < -0.4 is 19.6 Å². The van der Waals surface area contributed by atoms with Crippen LogP contribution in [0.15, 0.2) is 157 Å². The van der Waals surface area contributed by atoms with Crippen molar-refractivity contribution in [1.82, 2.24) is 0 Å². The van der Waals surface area contributed by atoms with Gasteiger partial charge in [-0.05, 0) is 127 Å². The van der Waals surface area contributed by atoms with Crippen LogP contribution in [0.3, 0.4) is 0 Å². The van der Waals surface area contributed by atoms with E-state index in [1.807, 2.05) is 70.8 Å². The fourth-order valence-electron chi connectivity index (χ4n) is 14.8. The third-order valence-corrected chi connectivity index (χ3v) is 19.4. The molecule has 0 saturated carbocycles. The highest BCUT2D eigenvalue weighted by Gasteiger charge is 2.75. The largest absolute Gasteiger partial charge is 0.478 e. The Balaban J connectivity index is 1.13. The summed E-state index contributed by atoms with van der Waals surface area (Å²) in [5, 5.41) is 5.30. The molecule has 6 aromatic rings. The van der Waals surface area contributed by atoms with Gasteiger partial charge in [0.25, 0.3) is 0 Å². The van der Waals surface area contributed by atoms with E-state index >= 15 is 9.59 Å². The summed E-state index contributed by atoms with van der Waals surface area (Å²) in [6.07, 6.45) is 5.29. The number of carbonyl (C=O) groups excluding carboxylic acids is 2. The van der Waals surface area contributed by atoms with Crippen LogP contribution in [0.25, 0.3) is 0 Å². The van der Waals surface area contributed by atoms with Gasteiger partial charge in [-0.3, -0.25) is 19.3 Å². The topological polar surface area (TPSA) is 77.5 Å². The molecule has 2 aliphatic carbocycles. The van der Waals surface area contributed by atoms with E-state index in [0.29, 0.717) is 32.7 Å². The van der Waals surface area contributed by atoms with Gasteiger partial charge in [-0.2, -0.15) is 0 Å². The van der Waals surface area contributed by atoms with Crippen molar-refractivity contribution in [1.29, 1.82) is 0 Å². The summed E-state index contributed by atoms with van der Waals surface area (Å²) in [7, 11) is 0. The van der Waals surface area contributed by atoms with Crippen molar-refractivity contribution in [2.75, 3.05) is 10.1 Å². The molecule has 0 radical (unpaired) electrons. The lowest BCUT2D eigenvalue weighted by molar-refractivity contribution is -0.155. The van der Waals surface area contributed by atoms with E-state index in [-0.39, 0.29) is 48.1 Å². The van der Waals surface area contributed by atoms with E-state index in [2.05, 4.69) is 168 Å². The zero-order chi connectivity index (χ0) is 56.5. The van der Waals surface area contributed by atoms with Crippen molar-refractivity contribution < 1.29 is 28.7 Å². The van der Waals surface area contributed by atoms with Gasteiger partial charge < -0.3 is 9.47 Å².